The predicted molar refractivity (Wildman–Crippen MR) is 204 cm³/mol. The second-order valence-electron chi connectivity index (χ2n) is 14.2. The first-order valence-electron chi connectivity index (χ1n) is 17.6. The Morgan fingerprint density at radius 1 is 0.643 bits per heavy atom. The average Bonchev–Trinajstić information content (AvgIpc) is 3.13. The summed E-state index contributed by atoms with van der Waals surface area (Å²) in [7, 11) is 0. The van der Waals surface area contributed by atoms with Gasteiger partial charge in [-0.25, -0.2) is 0 Å². The zero-order valence-corrected chi connectivity index (χ0v) is 33.2. The molecule has 0 atom stereocenters. The van der Waals surface area contributed by atoms with Gasteiger partial charge in [0.25, 0.3) is 0 Å². The summed E-state index contributed by atoms with van der Waals surface area (Å²) in [6.07, 6.45) is -2.44. The summed E-state index contributed by atoms with van der Waals surface area (Å²) in [5.41, 5.74) is 0.498. The van der Waals surface area contributed by atoms with E-state index in [1.807, 2.05) is 0 Å². The van der Waals surface area contributed by atoms with Gasteiger partial charge in [-0.15, -0.1) is 0 Å². The van der Waals surface area contributed by atoms with Crippen molar-refractivity contribution in [2.45, 2.75) is 47.7 Å². The molecule has 0 unspecified atom stereocenters. The molecule has 56 heavy (non-hydrogen) atoms. The van der Waals surface area contributed by atoms with Crippen LogP contribution in [0.2, 0.25) is 0 Å². The quantitative estimate of drug-likeness (QED) is 0.0610. The number of carbonyl (C=O) groups excluding carboxylic acids is 2. The maximum atomic E-state index is 13.9. The Kier molecular flexibility index (Phi) is 10.9. The van der Waals surface area contributed by atoms with Crippen LogP contribution in [0.5, 0.6) is 11.5 Å². The van der Waals surface area contributed by atoms with E-state index < -0.39 is 74.0 Å². The SMILES string of the molecule is Cc1cc2c(c(O)c1-c1c(C)cc3c(c1O)/C(=C\Nc1ccccc1[I-]F)C(=O)C(O)=C3C(C)C)/C(=C/Nc1ccccc1C(F)(F)F)C(=O)C(O)=C2C(C)C. The number of fused-ring (bicyclic) bond motifs is 2. The van der Waals surface area contributed by atoms with Gasteiger partial charge in [-0.3, -0.25) is 4.79 Å². The number of ketones is 2. The van der Waals surface area contributed by atoms with Crippen molar-refractivity contribution in [3.63, 3.8) is 0 Å². The smallest absolute Gasteiger partial charge is 0.504 e. The fourth-order valence-corrected chi connectivity index (χ4v) is 8.32. The van der Waals surface area contributed by atoms with Crippen molar-refractivity contribution < 1.29 is 67.8 Å². The number of phenolic OH excluding ortho intramolecular Hbond substituents is 2. The standard InChI is InChI=1S/C43H38F4IN2O6/c1-19(2)31-23-15-21(5)33(39(53)35(23)25(37(51)41(31)55)17-49-29-13-9-7-11-27(29)43(44,45)46)34-22(6)16-24-32(20(3)4)42(56)38(52)26(36(24)40(34)54)18-50-30-14-10-8-12-28(30)48-47/h7-20,49-50,53-56H,1-6H3/q-1/b25-17-,26-18+. The number of aromatic hydroxyl groups is 2. The molecule has 0 bridgehead atoms. The zero-order chi connectivity index (χ0) is 41.0. The van der Waals surface area contributed by atoms with Gasteiger partial charge in [0.15, 0.2) is 5.76 Å². The number of aliphatic hydroxyl groups is 2. The van der Waals surface area contributed by atoms with E-state index >= 15 is 0 Å². The van der Waals surface area contributed by atoms with Gasteiger partial charge in [0.05, 0.1) is 11.3 Å². The van der Waals surface area contributed by atoms with E-state index in [0.29, 0.717) is 25.9 Å². The van der Waals surface area contributed by atoms with E-state index in [4.69, 9.17) is 0 Å². The van der Waals surface area contributed by atoms with E-state index in [2.05, 4.69) is 10.6 Å². The van der Waals surface area contributed by atoms with E-state index in [1.54, 1.807) is 77.9 Å². The Hall–Kier alpha value is -5.57. The summed E-state index contributed by atoms with van der Waals surface area (Å²) in [6, 6.07) is 14.5. The summed E-state index contributed by atoms with van der Waals surface area (Å²) in [5.74, 6) is -4.68. The van der Waals surface area contributed by atoms with Gasteiger partial charge in [-0.2, -0.15) is 13.2 Å². The number of nitrogens with one attached hydrogen (secondary N) is 2. The molecule has 0 spiro atoms. The molecule has 2 aliphatic rings. The predicted octanol–water partition coefficient (Wildman–Crippen LogP) is 7.47. The molecule has 4 aromatic rings. The first-order chi connectivity index (χ1) is 26.4. The van der Waals surface area contributed by atoms with Crippen LogP contribution in [0.1, 0.15) is 66.6 Å². The van der Waals surface area contributed by atoms with Gasteiger partial charge in [0.1, 0.15) is 0 Å². The number of hydrogen-bond donors (Lipinski definition) is 6. The normalized spacial score (nSPS) is 16.1. The summed E-state index contributed by atoms with van der Waals surface area (Å²) in [6.45, 7) is 10.3. The number of benzene rings is 4. The Bertz CT molecular complexity index is 2460. The maximum absolute atomic E-state index is 13.9. The summed E-state index contributed by atoms with van der Waals surface area (Å²) < 4.78 is 56.0. The number of aliphatic hydroxyl groups excluding tert-OH is 2. The molecule has 0 fully saturated rings. The monoisotopic (exact) mass is 881 g/mol. The molecule has 292 valence electrons. The van der Waals surface area contributed by atoms with Crippen LogP contribution in [-0.2, 0) is 15.8 Å². The fraction of sp³-hybridized carbons (Fsp3) is 0.209. The third-order valence-corrected chi connectivity index (χ3v) is 11.3. The van der Waals surface area contributed by atoms with Crippen LogP contribution in [0.4, 0.5) is 27.4 Å². The van der Waals surface area contributed by atoms with E-state index in [-0.39, 0.29) is 61.7 Å². The number of aryl methyl sites for hydroxylation is 2. The van der Waals surface area contributed by atoms with Crippen LogP contribution in [-0.4, -0.2) is 32.0 Å². The number of phenols is 2. The first-order valence-corrected chi connectivity index (χ1v) is 19.4. The third kappa shape index (κ3) is 6.82. The number of halogens is 5. The molecule has 0 amide bonds. The van der Waals surface area contributed by atoms with Gasteiger partial charge < -0.3 is 10.4 Å². The number of alkyl halides is 3. The van der Waals surface area contributed by atoms with Crippen LogP contribution in [0.25, 0.3) is 33.4 Å². The molecule has 6 N–H and O–H groups in total. The molecule has 0 heterocycles. The Labute approximate surface area is 331 Å². The van der Waals surface area contributed by atoms with Crippen molar-refractivity contribution in [2.75, 3.05) is 10.6 Å². The van der Waals surface area contributed by atoms with Crippen molar-refractivity contribution in [3.05, 3.63) is 127 Å². The Morgan fingerprint density at radius 2 is 1.05 bits per heavy atom. The van der Waals surface area contributed by atoms with Crippen molar-refractivity contribution in [1.29, 1.82) is 0 Å². The molecule has 4 aromatic carbocycles. The number of allylic oxidation sites excluding steroid dienone is 4. The molecular formula is C43H38F4IN2O6-. The average molecular weight is 882 g/mol. The van der Waals surface area contributed by atoms with Crippen molar-refractivity contribution in [3.8, 4) is 22.6 Å². The minimum Gasteiger partial charge on any atom is -0.504 e. The number of rotatable bonds is 8. The molecule has 0 saturated heterocycles. The number of para-hydroxylation sites is 2. The van der Waals surface area contributed by atoms with Crippen molar-refractivity contribution in [2.24, 2.45) is 11.8 Å². The number of anilines is 2. The van der Waals surface area contributed by atoms with Gasteiger partial charge >= 0.3 is 226 Å². The Balaban J connectivity index is 1.63. The summed E-state index contributed by atoms with van der Waals surface area (Å²) in [4.78, 5) is 27.7. The second-order valence-corrected chi connectivity index (χ2v) is 15.7. The molecule has 8 nitrogen and oxygen atoms in total. The molecule has 2 aliphatic carbocycles. The van der Waals surface area contributed by atoms with E-state index in [0.717, 1.165) is 12.3 Å². The minimum absolute atomic E-state index is 0.0335. The number of hydrogen-bond acceptors (Lipinski definition) is 8. The molecule has 6 rings (SSSR count). The minimum atomic E-state index is -4.74. The van der Waals surface area contributed by atoms with Crippen LogP contribution in [0, 0.1) is 29.3 Å². The molecule has 0 radical (unpaired) electrons. The first kappa shape index (κ1) is 40.1. The fourth-order valence-electron chi connectivity index (χ4n) is 7.42. The van der Waals surface area contributed by atoms with Gasteiger partial charge in [-0.1, -0.05) is 26.0 Å². The molecular weight excluding hydrogens is 843 g/mol. The van der Waals surface area contributed by atoms with Crippen LogP contribution < -0.4 is 32.4 Å². The van der Waals surface area contributed by atoms with E-state index in [9.17, 15) is 46.0 Å². The van der Waals surface area contributed by atoms with Gasteiger partial charge in [0, 0.05) is 11.8 Å². The summed E-state index contributed by atoms with van der Waals surface area (Å²) in [5, 5.41) is 52.5. The van der Waals surface area contributed by atoms with Crippen molar-refractivity contribution in [1.82, 2.24) is 0 Å². The third-order valence-electron chi connectivity index (χ3n) is 9.88. The van der Waals surface area contributed by atoms with Gasteiger partial charge in [-0.05, 0) is 18.1 Å². The second kappa shape index (κ2) is 15.2. The molecule has 0 saturated carbocycles. The molecule has 0 aromatic heterocycles. The van der Waals surface area contributed by atoms with Crippen LogP contribution >= 0.6 is 0 Å². The zero-order valence-electron chi connectivity index (χ0n) is 31.1. The van der Waals surface area contributed by atoms with E-state index in [1.165, 1.54) is 24.4 Å². The summed E-state index contributed by atoms with van der Waals surface area (Å²) >= 11 is -1.85. The number of Topliss-reactive ketones (excluding diaryl/α,β-unsaturated/α-hetero) is 2. The molecule has 13 heteroatoms. The van der Waals surface area contributed by atoms with Crippen LogP contribution in [0.15, 0.2) is 84.6 Å². The Morgan fingerprint density at radius 3 is 1.48 bits per heavy atom. The number of carbonyl (C=O) groups is 2. The van der Waals surface area contributed by atoms with Crippen molar-refractivity contribution >= 4 is 45.2 Å². The topological polar surface area (TPSA) is 139 Å². The molecule has 0 aliphatic heterocycles. The van der Waals surface area contributed by atoms with Crippen LogP contribution in [0.3, 0.4) is 0 Å². The van der Waals surface area contributed by atoms with Gasteiger partial charge in [0.2, 0.25) is 5.78 Å².